The highest BCUT2D eigenvalue weighted by molar-refractivity contribution is 6.03. The van der Waals surface area contributed by atoms with Crippen molar-refractivity contribution >= 4 is 5.78 Å². The number of hydrogen-bond donors (Lipinski definition) is 3. The fraction of sp³-hybridized carbons (Fsp3) is 0.571. The molecule has 0 fully saturated rings. The normalized spacial score (nSPS) is 16.4. The first-order chi connectivity index (χ1) is 11.9. The summed E-state index contributed by atoms with van der Waals surface area (Å²) < 4.78 is 5.84. The van der Waals surface area contributed by atoms with Gasteiger partial charge in [0.1, 0.15) is 28.9 Å². The van der Waals surface area contributed by atoms with Gasteiger partial charge in [-0.3, -0.25) is 4.79 Å². The molecule has 0 amide bonds. The molecule has 1 aromatic rings. The molecule has 0 unspecified atom stereocenters. The number of Topliss-reactive ketones (excluding diaryl/α,β-unsaturated/α-hetero) is 1. The lowest BCUT2D eigenvalue weighted by Gasteiger charge is -2.25. The minimum atomic E-state index is -1.14. The number of aliphatic hydroxyl groups is 1. The predicted octanol–water partition coefficient (Wildman–Crippen LogP) is 3.91. The Morgan fingerprint density at radius 1 is 1.27 bits per heavy atom. The summed E-state index contributed by atoms with van der Waals surface area (Å²) in [4.78, 5) is 12.8. The number of ketones is 1. The van der Waals surface area contributed by atoms with Crippen LogP contribution in [0.2, 0.25) is 0 Å². The second kappa shape index (κ2) is 7.31. The molecule has 2 rings (SSSR count). The van der Waals surface area contributed by atoms with Gasteiger partial charge in [0, 0.05) is 24.0 Å². The third-order valence-electron chi connectivity index (χ3n) is 4.62. The lowest BCUT2D eigenvalue weighted by molar-refractivity contribution is -0.0232. The van der Waals surface area contributed by atoms with Crippen LogP contribution in [-0.2, 0) is 12.8 Å². The van der Waals surface area contributed by atoms with E-state index in [1.807, 2.05) is 33.8 Å². The Morgan fingerprint density at radius 2 is 1.88 bits per heavy atom. The number of allylic oxidation sites excluding steroid dienone is 2. The number of hydrogen-bond acceptors (Lipinski definition) is 5. The van der Waals surface area contributed by atoms with Crippen LogP contribution in [0.5, 0.6) is 17.2 Å². The second-order valence-corrected chi connectivity index (χ2v) is 8.33. The summed E-state index contributed by atoms with van der Waals surface area (Å²) in [5.74, 6) is -0.162. The summed E-state index contributed by atoms with van der Waals surface area (Å²) in [6.07, 6.45) is 2.17. The summed E-state index contributed by atoms with van der Waals surface area (Å²) in [7, 11) is 0. The zero-order valence-corrected chi connectivity index (χ0v) is 16.5. The number of carbonyl (C=O) groups is 1. The van der Waals surface area contributed by atoms with Crippen LogP contribution < -0.4 is 4.74 Å². The number of aromatic hydroxyl groups is 2. The predicted molar refractivity (Wildman–Crippen MR) is 101 cm³/mol. The molecular formula is C21H30O5. The quantitative estimate of drug-likeness (QED) is 0.527. The Morgan fingerprint density at radius 3 is 2.38 bits per heavy atom. The van der Waals surface area contributed by atoms with E-state index < -0.39 is 11.7 Å². The maximum absolute atomic E-state index is 12.8. The number of phenolic OH excluding ortho intramolecular Hbond substituents is 2. The average Bonchev–Trinajstić information content (AvgIpc) is 2.91. The van der Waals surface area contributed by atoms with E-state index in [1.165, 1.54) is 0 Å². The summed E-state index contributed by atoms with van der Waals surface area (Å²) in [6.45, 7) is 11.0. The van der Waals surface area contributed by atoms with E-state index in [0.29, 0.717) is 17.5 Å². The van der Waals surface area contributed by atoms with Crippen molar-refractivity contribution in [2.24, 2.45) is 5.92 Å². The van der Waals surface area contributed by atoms with Crippen molar-refractivity contribution in [3.63, 3.8) is 0 Å². The van der Waals surface area contributed by atoms with E-state index in [2.05, 4.69) is 0 Å². The Kier molecular flexibility index (Phi) is 5.71. The molecule has 0 saturated carbocycles. The molecule has 1 aliphatic rings. The number of carbonyl (C=O) groups excluding carboxylic acids is 1. The zero-order chi connectivity index (χ0) is 19.8. The van der Waals surface area contributed by atoms with Gasteiger partial charge < -0.3 is 20.1 Å². The van der Waals surface area contributed by atoms with Gasteiger partial charge in [0.2, 0.25) is 0 Å². The Hall–Kier alpha value is -2.01. The molecule has 0 aromatic heterocycles. The molecule has 5 nitrogen and oxygen atoms in total. The molecule has 0 bridgehead atoms. The van der Waals surface area contributed by atoms with Crippen molar-refractivity contribution in [1.29, 1.82) is 0 Å². The average molecular weight is 362 g/mol. The molecule has 0 saturated heterocycles. The van der Waals surface area contributed by atoms with Crippen molar-refractivity contribution in [3.05, 3.63) is 28.3 Å². The van der Waals surface area contributed by atoms with Crippen molar-refractivity contribution < 1.29 is 24.9 Å². The summed E-state index contributed by atoms with van der Waals surface area (Å²) in [5.41, 5.74) is 0.844. The Labute approximate surface area is 155 Å². The summed E-state index contributed by atoms with van der Waals surface area (Å²) >= 11 is 0. The highest BCUT2D eigenvalue weighted by Crippen LogP contribution is 2.48. The third kappa shape index (κ3) is 4.04. The van der Waals surface area contributed by atoms with E-state index in [4.69, 9.17) is 4.74 Å². The molecule has 1 atom stereocenters. The summed E-state index contributed by atoms with van der Waals surface area (Å²) in [6, 6.07) is 0. The first-order valence-electron chi connectivity index (χ1n) is 9.08. The van der Waals surface area contributed by atoms with Gasteiger partial charge in [0.25, 0.3) is 0 Å². The van der Waals surface area contributed by atoms with E-state index >= 15 is 0 Å². The largest absolute Gasteiger partial charge is 0.507 e. The maximum atomic E-state index is 12.8. The molecular weight excluding hydrogens is 332 g/mol. The molecule has 0 aliphatic carbocycles. The maximum Gasteiger partial charge on any atom is 0.170 e. The second-order valence-electron chi connectivity index (χ2n) is 8.33. The van der Waals surface area contributed by atoms with Crippen LogP contribution in [0.3, 0.4) is 0 Å². The van der Waals surface area contributed by atoms with Crippen LogP contribution in [0.4, 0.5) is 0 Å². The van der Waals surface area contributed by atoms with Gasteiger partial charge in [-0.2, -0.15) is 0 Å². The third-order valence-corrected chi connectivity index (χ3v) is 4.62. The molecule has 144 valence electrons. The first-order valence-corrected chi connectivity index (χ1v) is 9.08. The van der Waals surface area contributed by atoms with E-state index in [1.54, 1.807) is 13.8 Å². The molecule has 0 spiro atoms. The molecule has 5 heteroatoms. The van der Waals surface area contributed by atoms with Gasteiger partial charge in [-0.25, -0.2) is 0 Å². The molecule has 3 N–H and O–H groups in total. The number of rotatable bonds is 6. The SMILES string of the molecule is CC(C)=CCc1c(O)c2c(c(C(=O)CC(C)C)c1O)O[C@@H](C(C)(C)O)C2. The highest BCUT2D eigenvalue weighted by atomic mass is 16.5. The van der Waals surface area contributed by atoms with Crippen molar-refractivity contribution in [2.45, 2.75) is 72.5 Å². The smallest absolute Gasteiger partial charge is 0.170 e. The Bertz CT molecular complexity index is 734. The molecule has 1 aliphatic heterocycles. The van der Waals surface area contributed by atoms with E-state index in [0.717, 1.165) is 5.57 Å². The standard InChI is InChI=1S/C21H30O5/c1-11(2)7-8-13-18(23)14-10-16(21(5,6)25)26-20(14)17(19(13)24)15(22)9-12(3)4/h7,12,16,23-25H,8-10H2,1-6H3/t16-/m1/s1. The fourth-order valence-corrected chi connectivity index (χ4v) is 3.12. The zero-order valence-electron chi connectivity index (χ0n) is 16.5. The van der Waals surface area contributed by atoms with Crippen LogP contribution in [-0.4, -0.2) is 32.8 Å². The van der Waals surface area contributed by atoms with Gasteiger partial charge in [-0.15, -0.1) is 0 Å². The molecule has 1 aromatic carbocycles. The van der Waals surface area contributed by atoms with E-state index in [9.17, 15) is 20.1 Å². The number of phenols is 2. The van der Waals surface area contributed by atoms with Crippen molar-refractivity contribution in [1.82, 2.24) is 0 Å². The monoisotopic (exact) mass is 362 g/mol. The number of benzene rings is 1. The molecule has 1 heterocycles. The van der Waals surface area contributed by atoms with Gasteiger partial charge >= 0.3 is 0 Å². The fourth-order valence-electron chi connectivity index (χ4n) is 3.12. The molecule has 0 radical (unpaired) electrons. The lowest BCUT2D eigenvalue weighted by Crippen LogP contribution is -2.39. The Balaban J connectivity index is 2.63. The number of fused-ring (bicyclic) bond motifs is 1. The molecule has 26 heavy (non-hydrogen) atoms. The van der Waals surface area contributed by atoms with Crippen LogP contribution in [0.1, 0.15) is 69.4 Å². The van der Waals surface area contributed by atoms with Crippen molar-refractivity contribution in [2.75, 3.05) is 0 Å². The highest BCUT2D eigenvalue weighted by Gasteiger charge is 2.40. The minimum absolute atomic E-state index is 0.0529. The minimum Gasteiger partial charge on any atom is -0.507 e. The van der Waals surface area contributed by atoms with Gasteiger partial charge in [-0.05, 0) is 40.0 Å². The van der Waals surface area contributed by atoms with Crippen LogP contribution in [0, 0.1) is 5.92 Å². The van der Waals surface area contributed by atoms with Gasteiger partial charge in [-0.1, -0.05) is 25.5 Å². The van der Waals surface area contributed by atoms with Crippen LogP contribution in [0.25, 0.3) is 0 Å². The van der Waals surface area contributed by atoms with Crippen LogP contribution >= 0.6 is 0 Å². The number of ether oxygens (including phenoxy) is 1. The van der Waals surface area contributed by atoms with Gasteiger partial charge in [0.15, 0.2) is 5.78 Å². The van der Waals surface area contributed by atoms with Gasteiger partial charge in [0.05, 0.1) is 5.60 Å². The first kappa shape index (κ1) is 20.3. The van der Waals surface area contributed by atoms with E-state index in [-0.39, 0.29) is 47.4 Å². The topological polar surface area (TPSA) is 87.0 Å². The van der Waals surface area contributed by atoms with Crippen molar-refractivity contribution in [3.8, 4) is 17.2 Å². The lowest BCUT2D eigenvalue weighted by atomic mass is 9.90. The summed E-state index contributed by atoms with van der Waals surface area (Å²) in [5, 5.41) is 31.8. The van der Waals surface area contributed by atoms with Crippen LogP contribution in [0.15, 0.2) is 11.6 Å².